The Morgan fingerprint density at radius 3 is 2.93 bits per heavy atom. The summed E-state index contributed by atoms with van der Waals surface area (Å²) < 4.78 is 0.910. The summed E-state index contributed by atoms with van der Waals surface area (Å²) in [4.78, 5) is 0. The lowest BCUT2D eigenvalue weighted by Gasteiger charge is -2.25. The Balaban J connectivity index is 2.26. The Labute approximate surface area is 97.0 Å². The Bertz CT molecular complexity index is 324. The predicted molar refractivity (Wildman–Crippen MR) is 64.4 cm³/mol. The molecule has 4 heteroatoms. The zero-order chi connectivity index (χ0) is 9.97. The van der Waals surface area contributed by atoms with Gasteiger partial charge in [-0.25, -0.2) is 0 Å². The fourth-order valence-corrected chi connectivity index (χ4v) is 2.21. The lowest BCUT2D eigenvalue weighted by molar-refractivity contribution is 0.403. The molecule has 14 heavy (non-hydrogen) atoms. The maximum atomic E-state index is 9.87. The molecule has 1 aromatic rings. The molecule has 1 aliphatic rings. The molecule has 1 fully saturated rings. The highest BCUT2D eigenvalue weighted by molar-refractivity contribution is 14.1. The van der Waals surface area contributed by atoms with Crippen molar-refractivity contribution in [2.45, 2.75) is 6.04 Å². The molecule has 0 aliphatic carbocycles. The fraction of sp³-hybridized carbons (Fsp3) is 0.400. The Morgan fingerprint density at radius 1 is 1.36 bits per heavy atom. The molecule has 0 aromatic heterocycles. The maximum Gasteiger partial charge on any atom is 0.133 e. The quantitative estimate of drug-likeness (QED) is 0.684. The van der Waals surface area contributed by atoms with Crippen LogP contribution in [0.15, 0.2) is 18.2 Å². The van der Waals surface area contributed by atoms with Crippen LogP contribution < -0.4 is 10.6 Å². The van der Waals surface area contributed by atoms with Gasteiger partial charge in [0.15, 0.2) is 0 Å². The minimum absolute atomic E-state index is 0.235. The van der Waals surface area contributed by atoms with Gasteiger partial charge in [-0.3, -0.25) is 0 Å². The number of halogens is 1. The van der Waals surface area contributed by atoms with E-state index in [-0.39, 0.29) is 6.04 Å². The number of nitrogens with one attached hydrogen (secondary N) is 2. The summed E-state index contributed by atoms with van der Waals surface area (Å²) in [6.07, 6.45) is 0. The van der Waals surface area contributed by atoms with Gasteiger partial charge in [0.1, 0.15) is 5.75 Å². The molecule has 0 unspecified atom stereocenters. The molecule has 3 nitrogen and oxygen atoms in total. The van der Waals surface area contributed by atoms with Gasteiger partial charge in [-0.05, 0) is 28.7 Å². The number of benzene rings is 1. The summed E-state index contributed by atoms with van der Waals surface area (Å²) in [5, 5.41) is 16.6. The van der Waals surface area contributed by atoms with Crippen LogP contribution in [0, 0.1) is 3.57 Å². The molecule has 0 amide bonds. The van der Waals surface area contributed by atoms with Crippen molar-refractivity contribution >= 4 is 22.6 Å². The predicted octanol–water partition coefficient (Wildman–Crippen LogP) is 1.23. The van der Waals surface area contributed by atoms with E-state index < -0.39 is 0 Å². The average molecular weight is 304 g/mol. The SMILES string of the molecule is Oc1c(I)cccc1[C@@H]1CNCCN1. The van der Waals surface area contributed by atoms with Crippen LogP contribution in [0.4, 0.5) is 0 Å². The molecule has 76 valence electrons. The number of para-hydroxylation sites is 1. The first kappa shape index (κ1) is 10.2. The number of hydrogen-bond donors (Lipinski definition) is 3. The second-order valence-electron chi connectivity index (χ2n) is 3.39. The Morgan fingerprint density at radius 2 is 2.21 bits per heavy atom. The number of rotatable bonds is 1. The highest BCUT2D eigenvalue weighted by Crippen LogP contribution is 2.29. The fourth-order valence-electron chi connectivity index (χ4n) is 1.69. The minimum Gasteiger partial charge on any atom is -0.506 e. The van der Waals surface area contributed by atoms with Gasteiger partial charge in [-0.1, -0.05) is 12.1 Å². The monoisotopic (exact) mass is 304 g/mol. The van der Waals surface area contributed by atoms with Crippen LogP contribution in [0.25, 0.3) is 0 Å². The smallest absolute Gasteiger partial charge is 0.133 e. The average Bonchev–Trinajstić information content (AvgIpc) is 2.23. The molecule has 1 aromatic carbocycles. The summed E-state index contributed by atoms with van der Waals surface area (Å²) in [6.45, 7) is 2.84. The third-order valence-corrected chi connectivity index (χ3v) is 3.30. The van der Waals surface area contributed by atoms with Crippen molar-refractivity contribution in [3.63, 3.8) is 0 Å². The van der Waals surface area contributed by atoms with E-state index in [1.54, 1.807) is 0 Å². The zero-order valence-electron chi connectivity index (χ0n) is 7.76. The van der Waals surface area contributed by atoms with E-state index in [9.17, 15) is 5.11 Å². The number of aromatic hydroxyl groups is 1. The van der Waals surface area contributed by atoms with Crippen LogP contribution in [0.3, 0.4) is 0 Å². The molecule has 1 aliphatic heterocycles. The van der Waals surface area contributed by atoms with Gasteiger partial charge in [0.2, 0.25) is 0 Å². The van der Waals surface area contributed by atoms with Gasteiger partial charge < -0.3 is 15.7 Å². The number of phenolic OH excluding ortho intramolecular Hbond substituents is 1. The van der Waals surface area contributed by atoms with E-state index in [4.69, 9.17) is 0 Å². The first-order valence-electron chi connectivity index (χ1n) is 4.70. The highest BCUT2D eigenvalue weighted by atomic mass is 127. The second kappa shape index (κ2) is 4.46. The minimum atomic E-state index is 0.235. The summed E-state index contributed by atoms with van der Waals surface area (Å²) >= 11 is 2.15. The third kappa shape index (κ3) is 2.02. The van der Waals surface area contributed by atoms with Crippen molar-refractivity contribution in [3.8, 4) is 5.75 Å². The number of piperazine rings is 1. The van der Waals surface area contributed by atoms with Crippen molar-refractivity contribution in [1.82, 2.24) is 10.6 Å². The molecule has 1 atom stereocenters. The summed E-state index contributed by atoms with van der Waals surface area (Å²) in [7, 11) is 0. The summed E-state index contributed by atoms with van der Waals surface area (Å²) in [5.74, 6) is 0.411. The van der Waals surface area contributed by atoms with Crippen molar-refractivity contribution < 1.29 is 5.11 Å². The lowest BCUT2D eigenvalue weighted by atomic mass is 10.0. The van der Waals surface area contributed by atoms with Crippen LogP contribution >= 0.6 is 22.6 Å². The largest absolute Gasteiger partial charge is 0.506 e. The molecule has 3 N–H and O–H groups in total. The van der Waals surface area contributed by atoms with Crippen molar-refractivity contribution in [2.24, 2.45) is 0 Å². The summed E-state index contributed by atoms with van der Waals surface area (Å²) in [6, 6.07) is 6.10. The normalized spacial score (nSPS) is 22.2. The van der Waals surface area contributed by atoms with E-state index in [0.717, 1.165) is 28.8 Å². The van der Waals surface area contributed by atoms with Crippen molar-refractivity contribution in [2.75, 3.05) is 19.6 Å². The Kier molecular flexibility index (Phi) is 3.25. The topological polar surface area (TPSA) is 44.3 Å². The van der Waals surface area contributed by atoms with Crippen LogP contribution in [0.1, 0.15) is 11.6 Å². The molecule has 0 bridgehead atoms. The molecule has 0 radical (unpaired) electrons. The number of phenols is 1. The van der Waals surface area contributed by atoms with Crippen LogP contribution in [0.5, 0.6) is 5.75 Å². The van der Waals surface area contributed by atoms with Gasteiger partial charge in [0, 0.05) is 31.2 Å². The van der Waals surface area contributed by atoms with Gasteiger partial charge in [0.25, 0.3) is 0 Å². The lowest BCUT2D eigenvalue weighted by Crippen LogP contribution is -2.42. The number of hydrogen-bond acceptors (Lipinski definition) is 3. The molecular weight excluding hydrogens is 291 g/mol. The molecule has 0 spiro atoms. The van der Waals surface area contributed by atoms with Crippen LogP contribution in [-0.4, -0.2) is 24.7 Å². The standard InChI is InChI=1S/C10H13IN2O/c11-8-3-1-2-7(10(8)14)9-6-12-4-5-13-9/h1-3,9,12-14H,4-6H2/t9-/m0/s1. The molecule has 1 saturated heterocycles. The molecule has 2 rings (SSSR count). The Hall–Kier alpha value is -0.330. The van der Waals surface area contributed by atoms with Crippen LogP contribution in [0.2, 0.25) is 0 Å². The van der Waals surface area contributed by atoms with Gasteiger partial charge in [0.05, 0.1) is 3.57 Å². The highest BCUT2D eigenvalue weighted by Gasteiger charge is 2.18. The van der Waals surface area contributed by atoms with E-state index in [1.165, 1.54) is 0 Å². The van der Waals surface area contributed by atoms with Crippen LogP contribution in [-0.2, 0) is 0 Å². The van der Waals surface area contributed by atoms with Crippen molar-refractivity contribution in [3.05, 3.63) is 27.3 Å². The third-order valence-electron chi connectivity index (χ3n) is 2.43. The van der Waals surface area contributed by atoms with E-state index in [0.29, 0.717) is 5.75 Å². The van der Waals surface area contributed by atoms with Gasteiger partial charge in [-0.15, -0.1) is 0 Å². The van der Waals surface area contributed by atoms with E-state index in [2.05, 4.69) is 33.2 Å². The van der Waals surface area contributed by atoms with E-state index >= 15 is 0 Å². The summed E-state index contributed by atoms with van der Waals surface area (Å²) in [5.41, 5.74) is 0.990. The molecule has 0 saturated carbocycles. The van der Waals surface area contributed by atoms with Gasteiger partial charge >= 0.3 is 0 Å². The van der Waals surface area contributed by atoms with Gasteiger partial charge in [-0.2, -0.15) is 0 Å². The first-order chi connectivity index (χ1) is 6.79. The zero-order valence-corrected chi connectivity index (χ0v) is 9.91. The van der Waals surface area contributed by atoms with E-state index in [1.807, 2.05) is 18.2 Å². The maximum absolute atomic E-state index is 9.87. The molecular formula is C10H13IN2O. The molecule has 1 heterocycles. The second-order valence-corrected chi connectivity index (χ2v) is 4.55. The first-order valence-corrected chi connectivity index (χ1v) is 5.78. The van der Waals surface area contributed by atoms with Crippen molar-refractivity contribution in [1.29, 1.82) is 0 Å².